The minimum absolute atomic E-state index is 0.296. The SMILES string of the molecule is CCN(CC1CCCNC1)C(=O)CCc1cccc(C)c1. The molecule has 1 fully saturated rings. The molecule has 0 spiro atoms. The van der Waals surface area contributed by atoms with Crippen molar-refractivity contribution in [3.8, 4) is 0 Å². The first-order valence-corrected chi connectivity index (χ1v) is 8.23. The first kappa shape index (κ1) is 16.0. The Labute approximate surface area is 128 Å². The van der Waals surface area contributed by atoms with E-state index in [-0.39, 0.29) is 0 Å². The van der Waals surface area contributed by atoms with Crippen molar-refractivity contribution >= 4 is 5.91 Å². The highest BCUT2D eigenvalue weighted by Gasteiger charge is 2.19. The Bertz CT molecular complexity index is 452. The third kappa shape index (κ3) is 5.16. The summed E-state index contributed by atoms with van der Waals surface area (Å²) in [4.78, 5) is 14.4. The third-order valence-electron chi connectivity index (χ3n) is 4.32. The van der Waals surface area contributed by atoms with E-state index in [4.69, 9.17) is 0 Å². The Morgan fingerprint density at radius 2 is 2.29 bits per heavy atom. The van der Waals surface area contributed by atoms with E-state index >= 15 is 0 Å². The van der Waals surface area contributed by atoms with Gasteiger partial charge in [-0.3, -0.25) is 4.79 Å². The van der Waals surface area contributed by atoms with Crippen LogP contribution in [0.1, 0.15) is 37.3 Å². The zero-order chi connectivity index (χ0) is 15.1. The maximum Gasteiger partial charge on any atom is 0.222 e. The average Bonchev–Trinajstić information content (AvgIpc) is 2.51. The zero-order valence-corrected chi connectivity index (χ0v) is 13.4. The molecule has 1 saturated heterocycles. The molecule has 1 heterocycles. The second-order valence-corrected chi connectivity index (χ2v) is 6.13. The lowest BCUT2D eigenvalue weighted by Gasteiger charge is -2.29. The van der Waals surface area contributed by atoms with Crippen LogP contribution in [0.15, 0.2) is 24.3 Å². The molecular formula is C18H28N2O. The number of nitrogens with zero attached hydrogens (tertiary/aromatic N) is 1. The number of hydrogen-bond donors (Lipinski definition) is 1. The van der Waals surface area contributed by atoms with Crippen molar-refractivity contribution < 1.29 is 4.79 Å². The summed E-state index contributed by atoms with van der Waals surface area (Å²) >= 11 is 0. The molecule has 116 valence electrons. The van der Waals surface area contributed by atoms with E-state index in [9.17, 15) is 4.79 Å². The monoisotopic (exact) mass is 288 g/mol. The Morgan fingerprint density at radius 1 is 1.43 bits per heavy atom. The molecule has 0 aromatic heterocycles. The molecule has 1 aromatic rings. The molecular weight excluding hydrogens is 260 g/mol. The predicted octanol–water partition coefficient (Wildman–Crippen LogP) is 2.78. The lowest BCUT2D eigenvalue weighted by molar-refractivity contribution is -0.131. The summed E-state index contributed by atoms with van der Waals surface area (Å²) in [7, 11) is 0. The Balaban J connectivity index is 1.82. The maximum absolute atomic E-state index is 12.4. The van der Waals surface area contributed by atoms with E-state index in [2.05, 4.69) is 43.4 Å². The summed E-state index contributed by atoms with van der Waals surface area (Å²) in [5.74, 6) is 0.922. The number of carbonyl (C=O) groups excluding carboxylic acids is 1. The van der Waals surface area contributed by atoms with Crippen LogP contribution >= 0.6 is 0 Å². The first-order valence-electron chi connectivity index (χ1n) is 8.23. The molecule has 3 heteroatoms. The van der Waals surface area contributed by atoms with Gasteiger partial charge in [-0.05, 0) is 57.7 Å². The standard InChI is InChI=1S/C18H28N2O/c1-3-20(14-17-8-5-11-19-13-17)18(21)10-9-16-7-4-6-15(2)12-16/h4,6-7,12,17,19H,3,5,8-11,13-14H2,1-2H3. The highest BCUT2D eigenvalue weighted by atomic mass is 16.2. The second kappa shape index (κ2) is 8.18. The van der Waals surface area contributed by atoms with Crippen LogP contribution in [0.2, 0.25) is 0 Å². The van der Waals surface area contributed by atoms with E-state index < -0.39 is 0 Å². The Kier molecular flexibility index (Phi) is 6.24. The van der Waals surface area contributed by atoms with Gasteiger partial charge in [0.2, 0.25) is 5.91 Å². The molecule has 0 radical (unpaired) electrons. The summed E-state index contributed by atoms with van der Waals surface area (Å²) in [6.45, 7) is 8.10. The van der Waals surface area contributed by atoms with E-state index in [1.54, 1.807) is 0 Å². The van der Waals surface area contributed by atoms with Gasteiger partial charge in [0.15, 0.2) is 0 Å². The van der Waals surface area contributed by atoms with Gasteiger partial charge in [0.1, 0.15) is 0 Å². The van der Waals surface area contributed by atoms with Gasteiger partial charge in [-0.15, -0.1) is 0 Å². The number of aryl methyl sites for hydroxylation is 2. The third-order valence-corrected chi connectivity index (χ3v) is 4.32. The largest absolute Gasteiger partial charge is 0.343 e. The molecule has 2 rings (SSSR count). The number of nitrogens with one attached hydrogen (secondary N) is 1. The molecule has 1 atom stereocenters. The second-order valence-electron chi connectivity index (χ2n) is 6.13. The predicted molar refractivity (Wildman–Crippen MR) is 87.3 cm³/mol. The van der Waals surface area contributed by atoms with Crippen molar-refractivity contribution in [2.24, 2.45) is 5.92 Å². The van der Waals surface area contributed by atoms with Gasteiger partial charge >= 0.3 is 0 Å². The van der Waals surface area contributed by atoms with E-state index in [1.165, 1.54) is 24.0 Å². The molecule has 1 aliphatic rings. The topological polar surface area (TPSA) is 32.3 Å². The van der Waals surface area contributed by atoms with Crippen LogP contribution in [0.25, 0.3) is 0 Å². The number of hydrogen-bond acceptors (Lipinski definition) is 2. The van der Waals surface area contributed by atoms with Crippen LogP contribution in [-0.4, -0.2) is 37.0 Å². The van der Waals surface area contributed by atoms with Crippen LogP contribution < -0.4 is 5.32 Å². The lowest BCUT2D eigenvalue weighted by Crippen LogP contribution is -2.41. The van der Waals surface area contributed by atoms with Gasteiger partial charge in [-0.2, -0.15) is 0 Å². The van der Waals surface area contributed by atoms with Gasteiger partial charge in [-0.1, -0.05) is 29.8 Å². The zero-order valence-electron chi connectivity index (χ0n) is 13.4. The van der Waals surface area contributed by atoms with Crippen molar-refractivity contribution in [1.82, 2.24) is 10.2 Å². The van der Waals surface area contributed by atoms with Crippen molar-refractivity contribution in [3.05, 3.63) is 35.4 Å². The summed E-state index contributed by atoms with van der Waals surface area (Å²) in [5, 5.41) is 3.43. The first-order chi connectivity index (χ1) is 10.2. The maximum atomic E-state index is 12.4. The molecule has 1 amide bonds. The summed E-state index contributed by atoms with van der Waals surface area (Å²) in [6, 6.07) is 8.45. The smallest absolute Gasteiger partial charge is 0.222 e. The molecule has 0 aliphatic carbocycles. The van der Waals surface area contributed by atoms with Crippen LogP contribution in [0, 0.1) is 12.8 Å². The van der Waals surface area contributed by atoms with Gasteiger partial charge in [0.05, 0.1) is 0 Å². The summed E-state index contributed by atoms with van der Waals surface area (Å²) in [5.41, 5.74) is 2.53. The van der Waals surface area contributed by atoms with Crippen molar-refractivity contribution in [2.75, 3.05) is 26.2 Å². The van der Waals surface area contributed by atoms with E-state index in [0.29, 0.717) is 18.2 Å². The van der Waals surface area contributed by atoms with Gasteiger partial charge in [0.25, 0.3) is 0 Å². The number of benzene rings is 1. The molecule has 1 unspecified atom stereocenters. The van der Waals surface area contributed by atoms with Gasteiger partial charge < -0.3 is 10.2 Å². The molecule has 3 nitrogen and oxygen atoms in total. The number of amides is 1. The van der Waals surface area contributed by atoms with Crippen molar-refractivity contribution in [3.63, 3.8) is 0 Å². The number of rotatable bonds is 6. The molecule has 1 N–H and O–H groups in total. The lowest BCUT2D eigenvalue weighted by atomic mass is 9.98. The summed E-state index contributed by atoms with van der Waals surface area (Å²) in [6.07, 6.45) is 3.95. The Morgan fingerprint density at radius 3 is 2.95 bits per heavy atom. The fourth-order valence-corrected chi connectivity index (χ4v) is 3.08. The summed E-state index contributed by atoms with van der Waals surface area (Å²) < 4.78 is 0. The molecule has 0 bridgehead atoms. The minimum atomic E-state index is 0.296. The number of piperidine rings is 1. The highest BCUT2D eigenvalue weighted by Crippen LogP contribution is 2.13. The minimum Gasteiger partial charge on any atom is -0.343 e. The molecule has 1 aromatic carbocycles. The number of carbonyl (C=O) groups is 1. The van der Waals surface area contributed by atoms with Crippen molar-refractivity contribution in [1.29, 1.82) is 0 Å². The fraction of sp³-hybridized carbons (Fsp3) is 0.611. The van der Waals surface area contributed by atoms with E-state index in [0.717, 1.165) is 32.6 Å². The highest BCUT2D eigenvalue weighted by molar-refractivity contribution is 5.76. The quantitative estimate of drug-likeness (QED) is 0.873. The Hall–Kier alpha value is -1.35. The van der Waals surface area contributed by atoms with Crippen LogP contribution in [0.3, 0.4) is 0 Å². The average molecular weight is 288 g/mol. The normalized spacial score (nSPS) is 18.5. The molecule has 21 heavy (non-hydrogen) atoms. The fourth-order valence-electron chi connectivity index (χ4n) is 3.08. The van der Waals surface area contributed by atoms with Crippen LogP contribution in [0.4, 0.5) is 0 Å². The van der Waals surface area contributed by atoms with Crippen LogP contribution in [-0.2, 0) is 11.2 Å². The molecule has 1 aliphatic heterocycles. The van der Waals surface area contributed by atoms with Gasteiger partial charge in [0, 0.05) is 19.5 Å². The van der Waals surface area contributed by atoms with Crippen LogP contribution in [0.5, 0.6) is 0 Å². The molecule has 0 saturated carbocycles. The van der Waals surface area contributed by atoms with Crippen molar-refractivity contribution in [2.45, 2.75) is 39.5 Å². The van der Waals surface area contributed by atoms with E-state index in [1.807, 2.05) is 4.90 Å². The van der Waals surface area contributed by atoms with Gasteiger partial charge in [-0.25, -0.2) is 0 Å².